The molecule has 0 aliphatic rings. The maximum Gasteiger partial charge on any atom is 0.258 e. The molecule has 0 fully saturated rings. The Morgan fingerprint density at radius 3 is 2.60 bits per heavy atom. The van der Waals surface area contributed by atoms with E-state index in [9.17, 15) is 9.18 Å². The zero-order chi connectivity index (χ0) is 21.3. The van der Waals surface area contributed by atoms with E-state index in [1.54, 1.807) is 30.5 Å². The third kappa shape index (κ3) is 6.51. The summed E-state index contributed by atoms with van der Waals surface area (Å²) in [5, 5.41) is 11.0. The number of hydrogen-bond acceptors (Lipinski definition) is 6. The van der Waals surface area contributed by atoms with Crippen molar-refractivity contribution in [3.05, 3.63) is 77.9 Å². The van der Waals surface area contributed by atoms with E-state index in [4.69, 9.17) is 4.74 Å². The molecule has 8 heteroatoms. The van der Waals surface area contributed by atoms with Crippen molar-refractivity contribution in [2.24, 2.45) is 0 Å². The lowest BCUT2D eigenvalue weighted by Gasteiger charge is -2.18. The van der Waals surface area contributed by atoms with Crippen LogP contribution < -0.4 is 15.0 Å². The van der Waals surface area contributed by atoms with Crippen LogP contribution in [0.15, 0.2) is 60.8 Å². The van der Waals surface area contributed by atoms with Crippen LogP contribution in [0.25, 0.3) is 0 Å². The van der Waals surface area contributed by atoms with Gasteiger partial charge in [0.1, 0.15) is 5.82 Å². The van der Waals surface area contributed by atoms with Crippen LogP contribution >= 0.6 is 0 Å². The Hall–Kier alpha value is -3.55. The van der Waals surface area contributed by atoms with Crippen LogP contribution in [0.4, 0.5) is 10.2 Å². The van der Waals surface area contributed by atoms with E-state index in [2.05, 4.69) is 20.5 Å². The predicted octanol–water partition coefficient (Wildman–Crippen LogP) is 2.77. The van der Waals surface area contributed by atoms with Gasteiger partial charge in [-0.3, -0.25) is 9.78 Å². The number of nitrogens with one attached hydrogen (secondary N) is 1. The molecule has 3 aromatic rings. The Kier molecular flexibility index (Phi) is 7.26. The summed E-state index contributed by atoms with van der Waals surface area (Å²) in [6.45, 7) is 2.33. The predicted molar refractivity (Wildman–Crippen MR) is 112 cm³/mol. The number of aromatic nitrogens is 3. The standard InChI is InChI=1S/C22H24FN5O2/c1-16(13-19-5-3-4-12-24-19)25-21(29)15-30-22-11-10-20(26-27-22)28(2)14-17-6-8-18(23)9-7-17/h3-12,16H,13-15H2,1-2H3,(H,25,29). The molecule has 2 heterocycles. The van der Waals surface area contributed by atoms with Gasteiger partial charge in [0.15, 0.2) is 12.4 Å². The Bertz CT molecular complexity index is 936. The van der Waals surface area contributed by atoms with E-state index < -0.39 is 0 Å². The van der Waals surface area contributed by atoms with Crippen molar-refractivity contribution in [2.75, 3.05) is 18.6 Å². The molecule has 1 N–H and O–H groups in total. The molecule has 0 radical (unpaired) electrons. The van der Waals surface area contributed by atoms with Crippen LogP contribution in [-0.2, 0) is 17.8 Å². The quantitative estimate of drug-likeness (QED) is 0.585. The summed E-state index contributed by atoms with van der Waals surface area (Å²) in [4.78, 5) is 18.2. The number of ether oxygens (including phenoxy) is 1. The number of halogens is 1. The van der Waals surface area contributed by atoms with Gasteiger partial charge in [0.2, 0.25) is 5.88 Å². The number of benzene rings is 1. The molecule has 3 rings (SSSR count). The van der Waals surface area contributed by atoms with E-state index in [1.165, 1.54) is 12.1 Å². The second-order valence-electron chi connectivity index (χ2n) is 6.99. The highest BCUT2D eigenvalue weighted by molar-refractivity contribution is 5.77. The van der Waals surface area contributed by atoms with Gasteiger partial charge in [-0.25, -0.2) is 4.39 Å². The number of amides is 1. The third-order valence-electron chi connectivity index (χ3n) is 4.35. The number of carbonyl (C=O) groups is 1. The topological polar surface area (TPSA) is 80.2 Å². The van der Waals surface area contributed by atoms with Crippen LogP contribution in [0.5, 0.6) is 5.88 Å². The smallest absolute Gasteiger partial charge is 0.258 e. The number of anilines is 1. The number of nitrogens with zero attached hydrogens (tertiary/aromatic N) is 4. The molecule has 1 aromatic carbocycles. The first-order chi connectivity index (χ1) is 14.5. The highest BCUT2D eigenvalue weighted by Crippen LogP contribution is 2.15. The van der Waals surface area contributed by atoms with Gasteiger partial charge in [0, 0.05) is 44.0 Å². The molecular weight excluding hydrogens is 385 g/mol. The van der Waals surface area contributed by atoms with Crippen molar-refractivity contribution in [1.82, 2.24) is 20.5 Å². The maximum atomic E-state index is 13.0. The van der Waals surface area contributed by atoms with Gasteiger partial charge in [-0.15, -0.1) is 10.2 Å². The minimum atomic E-state index is -0.266. The fraction of sp³-hybridized carbons (Fsp3) is 0.273. The van der Waals surface area contributed by atoms with Crippen LogP contribution in [0.1, 0.15) is 18.2 Å². The molecule has 0 saturated carbocycles. The minimum Gasteiger partial charge on any atom is -0.466 e. The second-order valence-corrected chi connectivity index (χ2v) is 6.99. The van der Waals surface area contributed by atoms with Gasteiger partial charge in [0.05, 0.1) is 0 Å². The molecule has 1 unspecified atom stereocenters. The van der Waals surface area contributed by atoms with E-state index in [0.29, 0.717) is 18.8 Å². The average molecular weight is 409 g/mol. The van der Waals surface area contributed by atoms with E-state index in [1.807, 2.05) is 37.1 Å². The first kappa shape index (κ1) is 21.2. The minimum absolute atomic E-state index is 0.0652. The molecule has 0 spiro atoms. The van der Waals surface area contributed by atoms with Gasteiger partial charge in [-0.1, -0.05) is 18.2 Å². The SMILES string of the molecule is CC(Cc1ccccn1)NC(=O)COc1ccc(N(C)Cc2ccc(F)cc2)nn1. The molecule has 0 saturated heterocycles. The lowest BCUT2D eigenvalue weighted by molar-refractivity contribution is -0.123. The largest absolute Gasteiger partial charge is 0.466 e. The van der Waals surface area contributed by atoms with Crippen molar-refractivity contribution < 1.29 is 13.9 Å². The molecule has 7 nitrogen and oxygen atoms in total. The summed E-state index contributed by atoms with van der Waals surface area (Å²) in [6, 6.07) is 15.3. The van der Waals surface area contributed by atoms with Crippen molar-refractivity contribution in [2.45, 2.75) is 25.9 Å². The zero-order valence-electron chi connectivity index (χ0n) is 17.0. The first-order valence-electron chi connectivity index (χ1n) is 9.61. The van der Waals surface area contributed by atoms with Gasteiger partial charge < -0.3 is 15.0 Å². The van der Waals surface area contributed by atoms with Gasteiger partial charge in [0.25, 0.3) is 5.91 Å². The van der Waals surface area contributed by atoms with E-state index in [-0.39, 0.29) is 30.3 Å². The summed E-state index contributed by atoms with van der Waals surface area (Å²) in [5.74, 6) is 0.400. The van der Waals surface area contributed by atoms with Gasteiger partial charge >= 0.3 is 0 Å². The number of hydrogen-bond donors (Lipinski definition) is 1. The fourth-order valence-electron chi connectivity index (χ4n) is 2.88. The summed E-state index contributed by atoms with van der Waals surface area (Å²) in [6.07, 6.45) is 2.37. The zero-order valence-corrected chi connectivity index (χ0v) is 17.0. The van der Waals surface area contributed by atoms with Crippen LogP contribution in [0.2, 0.25) is 0 Å². The molecule has 2 aromatic heterocycles. The third-order valence-corrected chi connectivity index (χ3v) is 4.35. The first-order valence-corrected chi connectivity index (χ1v) is 9.61. The highest BCUT2D eigenvalue weighted by atomic mass is 19.1. The van der Waals surface area contributed by atoms with Crippen molar-refractivity contribution >= 4 is 11.7 Å². The lowest BCUT2D eigenvalue weighted by atomic mass is 10.1. The lowest BCUT2D eigenvalue weighted by Crippen LogP contribution is -2.37. The number of rotatable bonds is 9. The molecule has 0 bridgehead atoms. The normalized spacial score (nSPS) is 11.6. The maximum absolute atomic E-state index is 13.0. The molecule has 156 valence electrons. The molecule has 0 aliphatic heterocycles. The summed E-state index contributed by atoms with van der Waals surface area (Å²) >= 11 is 0. The van der Waals surface area contributed by atoms with E-state index >= 15 is 0 Å². The van der Waals surface area contributed by atoms with Crippen LogP contribution in [0.3, 0.4) is 0 Å². The summed E-state index contributed by atoms with van der Waals surface area (Å²) in [7, 11) is 1.87. The Labute approximate surface area is 174 Å². The average Bonchev–Trinajstić information content (AvgIpc) is 2.75. The van der Waals surface area contributed by atoms with Gasteiger partial charge in [-0.2, -0.15) is 0 Å². The van der Waals surface area contributed by atoms with Crippen LogP contribution in [0, 0.1) is 5.82 Å². The second kappa shape index (κ2) is 10.3. The molecule has 1 atom stereocenters. The van der Waals surface area contributed by atoms with E-state index in [0.717, 1.165) is 11.3 Å². The van der Waals surface area contributed by atoms with Crippen molar-refractivity contribution in [3.63, 3.8) is 0 Å². The molecule has 0 aliphatic carbocycles. The van der Waals surface area contributed by atoms with Gasteiger partial charge in [-0.05, 0) is 42.8 Å². The summed E-state index contributed by atoms with van der Waals surface area (Å²) < 4.78 is 18.4. The van der Waals surface area contributed by atoms with Crippen LogP contribution in [-0.4, -0.2) is 40.8 Å². The fourth-order valence-corrected chi connectivity index (χ4v) is 2.88. The Morgan fingerprint density at radius 2 is 1.93 bits per heavy atom. The summed E-state index contributed by atoms with van der Waals surface area (Å²) in [5.41, 5.74) is 1.87. The highest BCUT2D eigenvalue weighted by Gasteiger charge is 2.11. The van der Waals surface area contributed by atoms with Crippen molar-refractivity contribution in [3.8, 4) is 5.88 Å². The Balaban J connectivity index is 1.44. The molecular formula is C22H24FN5O2. The molecule has 30 heavy (non-hydrogen) atoms. The molecule has 1 amide bonds. The van der Waals surface area contributed by atoms with Crippen molar-refractivity contribution in [1.29, 1.82) is 0 Å². The number of carbonyl (C=O) groups excluding carboxylic acids is 1. The number of pyridine rings is 1. The monoisotopic (exact) mass is 409 g/mol. The Morgan fingerprint density at radius 1 is 1.13 bits per heavy atom.